The Bertz CT molecular complexity index is 1150. The highest BCUT2D eigenvalue weighted by Gasteiger charge is 2.36. The fourth-order valence-electron chi connectivity index (χ4n) is 3.76. The van der Waals surface area contributed by atoms with Crippen molar-refractivity contribution in [3.05, 3.63) is 71.0 Å². The van der Waals surface area contributed by atoms with Crippen LogP contribution in [0.25, 0.3) is 5.69 Å². The molecule has 1 N–H and O–H groups in total. The second-order valence-electron chi connectivity index (χ2n) is 7.56. The van der Waals surface area contributed by atoms with Gasteiger partial charge in [0, 0.05) is 25.1 Å². The summed E-state index contributed by atoms with van der Waals surface area (Å²) < 4.78 is 41.2. The molecule has 1 aromatic heterocycles. The standard InChI is InChI=1S/C21H19F3N6O2/c1-13-8-14(6-7-18(13)30-12-25-27-28-30)20(32)26-16-9-19(31)29(11-16)10-15-4-2-3-5-17(15)21(22,23)24/h2-8,12,16H,9-11H2,1H3,(H,26,32). The zero-order valence-corrected chi connectivity index (χ0v) is 17.0. The molecule has 0 saturated carbocycles. The molecule has 1 aliphatic heterocycles. The van der Waals surface area contributed by atoms with Crippen molar-refractivity contribution >= 4 is 11.8 Å². The molecule has 0 bridgehead atoms. The van der Waals surface area contributed by atoms with Gasteiger partial charge in [-0.25, -0.2) is 4.68 Å². The Balaban J connectivity index is 1.42. The van der Waals surface area contributed by atoms with Crippen molar-refractivity contribution in [2.75, 3.05) is 6.54 Å². The first-order valence-electron chi connectivity index (χ1n) is 9.80. The lowest BCUT2D eigenvalue weighted by atomic mass is 10.1. The maximum atomic E-state index is 13.2. The smallest absolute Gasteiger partial charge is 0.347 e. The molecular weight excluding hydrogens is 425 g/mol. The van der Waals surface area contributed by atoms with Gasteiger partial charge in [0.05, 0.1) is 17.3 Å². The maximum Gasteiger partial charge on any atom is 0.416 e. The average Bonchev–Trinajstić information content (AvgIpc) is 3.38. The van der Waals surface area contributed by atoms with E-state index in [0.29, 0.717) is 5.56 Å². The summed E-state index contributed by atoms with van der Waals surface area (Å²) in [5.41, 5.74) is 1.15. The molecule has 32 heavy (non-hydrogen) atoms. The van der Waals surface area contributed by atoms with Gasteiger partial charge in [-0.3, -0.25) is 9.59 Å². The van der Waals surface area contributed by atoms with Crippen molar-refractivity contribution < 1.29 is 22.8 Å². The summed E-state index contributed by atoms with van der Waals surface area (Å²) in [4.78, 5) is 26.4. The lowest BCUT2D eigenvalue weighted by Gasteiger charge is -2.20. The quantitative estimate of drug-likeness (QED) is 0.653. The second kappa shape index (κ2) is 8.40. The highest BCUT2D eigenvalue weighted by molar-refractivity contribution is 5.95. The van der Waals surface area contributed by atoms with Crippen molar-refractivity contribution in [1.29, 1.82) is 0 Å². The minimum atomic E-state index is -4.50. The SMILES string of the molecule is Cc1cc(C(=O)NC2CC(=O)N(Cc3ccccc3C(F)(F)F)C2)ccc1-n1cnnn1. The highest BCUT2D eigenvalue weighted by atomic mass is 19.4. The van der Waals surface area contributed by atoms with Gasteiger partial charge in [0.1, 0.15) is 6.33 Å². The number of nitrogens with zero attached hydrogens (tertiary/aromatic N) is 5. The summed E-state index contributed by atoms with van der Waals surface area (Å²) in [6.07, 6.45) is -3.03. The van der Waals surface area contributed by atoms with E-state index in [2.05, 4.69) is 20.8 Å². The third-order valence-corrected chi connectivity index (χ3v) is 5.29. The van der Waals surface area contributed by atoms with Crippen LogP contribution in [-0.2, 0) is 17.5 Å². The molecule has 2 amide bonds. The number of aryl methyl sites for hydroxylation is 1. The Morgan fingerprint density at radius 3 is 2.69 bits per heavy atom. The van der Waals surface area contributed by atoms with Crippen LogP contribution in [0.3, 0.4) is 0 Å². The molecule has 1 atom stereocenters. The number of aromatic nitrogens is 4. The summed E-state index contributed by atoms with van der Waals surface area (Å²) in [6, 6.07) is 9.69. The van der Waals surface area contributed by atoms with Crippen molar-refractivity contribution in [3.63, 3.8) is 0 Å². The molecular formula is C21H19F3N6O2. The Morgan fingerprint density at radius 2 is 2.00 bits per heavy atom. The number of hydrogen-bond donors (Lipinski definition) is 1. The molecule has 0 radical (unpaired) electrons. The van der Waals surface area contributed by atoms with Gasteiger partial charge in [0.2, 0.25) is 5.91 Å². The first-order chi connectivity index (χ1) is 15.2. The molecule has 1 saturated heterocycles. The first kappa shape index (κ1) is 21.5. The van der Waals surface area contributed by atoms with Gasteiger partial charge in [0.15, 0.2) is 0 Å². The highest BCUT2D eigenvalue weighted by Crippen LogP contribution is 2.33. The maximum absolute atomic E-state index is 13.2. The summed E-state index contributed by atoms with van der Waals surface area (Å²) >= 11 is 0. The van der Waals surface area contributed by atoms with Gasteiger partial charge in [-0.15, -0.1) is 5.10 Å². The second-order valence-corrected chi connectivity index (χ2v) is 7.56. The van der Waals surface area contributed by atoms with Crippen LogP contribution < -0.4 is 5.32 Å². The Hall–Kier alpha value is -3.76. The average molecular weight is 444 g/mol. The summed E-state index contributed by atoms with van der Waals surface area (Å²) in [5, 5.41) is 13.8. The zero-order valence-electron chi connectivity index (χ0n) is 17.0. The van der Waals surface area contributed by atoms with Gasteiger partial charge in [-0.05, 0) is 52.7 Å². The van der Waals surface area contributed by atoms with E-state index in [9.17, 15) is 22.8 Å². The number of carbonyl (C=O) groups excluding carboxylic acids is 2. The lowest BCUT2D eigenvalue weighted by Crippen LogP contribution is -2.37. The molecule has 1 fully saturated rings. The van der Waals surface area contributed by atoms with Crippen LogP contribution in [0.1, 0.15) is 33.5 Å². The fourth-order valence-corrected chi connectivity index (χ4v) is 3.76. The monoisotopic (exact) mass is 444 g/mol. The van der Waals surface area contributed by atoms with Crippen molar-refractivity contribution in [3.8, 4) is 5.69 Å². The van der Waals surface area contributed by atoms with E-state index < -0.39 is 17.8 Å². The van der Waals surface area contributed by atoms with E-state index in [-0.39, 0.29) is 36.9 Å². The third-order valence-electron chi connectivity index (χ3n) is 5.29. The number of alkyl halides is 3. The Labute approximate surface area is 181 Å². The van der Waals surface area contributed by atoms with Crippen molar-refractivity contribution in [2.24, 2.45) is 0 Å². The van der Waals surface area contributed by atoms with Crippen molar-refractivity contribution in [1.82, 2.24) is 30.4 Å². The van der Waals surface area contributed by atoms with E-state index in [1.807, 2.05) is 6.92 Å². The molecule has 8 nitrogen and oxygen atoms in total. The van der Waals surface area contributed by atoms with E-state index in [1.165, 1.54) is 34.1 Å². The van der Waals surface area contributed by atoms with Gasteiger partial charge in [-0.1, -0.05) is 18.2 Å². The number of nitrogens with one attached hydrogen (secondary N) is 1. The molecule has 4 rings (SSSR count). The summed E-state index contributed by atoms with van der Waals surface area (Å²) in [5.74, 6) is -0.677. The van der Waals surface area contributed by atoms with E-state index in [0.717, 1.165) is 17.3 Å². The van der Waals surface area contributed by atoms with E-state index in [4.69, 9.17) is 0 Å². The van der Waals surface area contributed by atoms with Crippen molar-refractivity contribution in [2.45, 2.75) is 32.1 Å². The van der Waals surface area contributed by atoms with E-state index in [1.54, 1.807) is 18.2 Å². The number of likely N-dealkylation sites (tertiary alicyclic amines) is 1. The lowest BCUT2D eigenvalue weighted by molar-refractivity contribution is -0.139. The van der Waals surface area contributed by atoms with Crippen LogP contribution in [0.2, 0.25) is 0 Å². The van der Waals surface area contributed by atoms with Crippen LogP contribution in [0.15, 0.2) is 48.8 Å². The Kier molecular flexibility index (Phi) is 5.64. The predicted molar refractivity (Wildman–Crippen MR) is 107 cm³/mol. The molecule has 3 aromatic rings. The minimum Gasteiger partial charge on any atom is -0.347 e. The normalized spacial score (nSPS) is 16.4. The number of rotatable bonds is 5. The van der Waals surface area contributed by atoms with Crippen LogP contribution >= 0.6 is 0 Å². The fraction of sp³-hybridized carbons (Fsp3) is 0.286. The van der Waals surface area contributed by atoms with Crippen LogP contribution in [-0.4, -0.2) is 49.5 Å². The number of carbonyl (C=O) groups is 2. The van der Waals surface area contributed by atoms with Gasteiger partial charge < -0.3 is 10.2 Å². The Morgan fingerprint density at radius 1 is 1.22 bits per heavy atom. The number of benzene rings is 2. The molecule has 0 aliphatic carbocycles. The zero-order chi connectivity index (χ0) is 22.9. The van der Waals surface area contributed by atoms with Gasteiger partial charge >= 0.3 is 6.18 Å². The topological polar surface area (TPSA) is 93.0 Å². The molecule has 166 valence electrons. The van der Waals surface area contributed by atoms with Gasteiger partial charge in [-0.2, -0.15) is 13.2 Å². The molecule has 0 spiro atoms. The number of tetrazole rings is 1. The van der Waals surface area contributed by atoms with E-state index >= 15 is 0 Å². The van der Waals surface area contributed by atoms with Crippen LogP contribution in [0.4, 0.5) is 13.2 Å². The molecule has 2 aromatic carbocycles. The molecule has 1 unspecified atom stereocenters. The minimum absolute atomic E-state index is 0.0224. The predicted octanol–water partition coefficient (Wildman–Crippen LogP) is 2.52. The van der Waals surface area contributed by atoms with Gasteiger partial charge in [0.25, 0.3) is 5.91 Å². The summed E-state index contributed by atoms with van der Waals surface area (Å²) in [6.45, 7) is 1.78. The molecule has 11 heteroatoms. The molecule has 1 aliphatic rings. The first-order valence-corrected chi connectivity index (χ1v) is 9.80. The van der Waals surface area contributed by atoms with Crippen LogP contribution in [0.5, 0.6) is 0 Å². The number of hydrogen-bond acceptors (Lipinski definition) is 5. The third kappa shape index (κ3) is 4.46. The van der Waals surface area contributed by atoms with Crippen LogP contribution in [0, 0.1) is 6.92 Å². The largest absolute Gasteiger partial charge is 0.416 e. The molecule has 2 heterocycles. The number of amides is 2. The number of halogens is 3. The summed E-state index contributed by atoms with van der Waals surface area (Å²) in [7, 11) is 0.